The summed E-state index contributed by atoms with van der Waals surface area (Å²) in [6.07, 6.45) is -4.49. The van der Waals surface area contributed by atoms with Crippen molar-refractivity contribution in [1.82, 2.24) is 20.4 Å². The van der Waals surface area contributed by atoms with E-state index in [-0.39, 0.29) is 30.6 Å². The summed E-state index contributed by atoms with van der Waals surface area (Å²) in [5, 5.41) is 11.2. The molecule has 26 heavy (non-hydrogen) atoms. The number of aromatic amines is 1. The molecule has 1 aliphatic heterocycles. The number of anilines is 1. The lowest BCUT2D eigenvalue weighted by molar-refractivity contribution is -0.141. The Balaban J connectivity index is 1.61. The van der Waals surface area contributed by atoms with Crippen molar-refractivity contribution in [2.75, 3.05) is 31.5 Å². The van der Waals surface area contributed by atoms with Crippen LogP contribution in [0, 0.1) is 0 Å². The highest BCUT2D eigenvalue weighted by atomic mass is 19.4. The number of amides is 2. The number of hydrogen-bond acceptors (Lipinski definition) is 4. The van der Waals surface area contributed by atoms with E-state index < -0.39 is 11.9 Å². The highest BCUT2D eigenvalue weighted by Crippen LogP contribution is 2.30. The van der Waals surface area contributed by atoms with Crippen LogP contribution in [0.4, 0.5) is 18.9 Å². The fraction of sp³-hybridized carbons (Fsp3) is 0.312. The molecule has 7 nitrogen and oxygen atoms in total. The summed E-state index contributed by atoms with van der Waals surface area (Å²) in [6.45, 7) is 1.27. The first kappa shape index (κ1) is 17.9. The summed E-state index contributed by atoms with van der Waals surface area (Å²) in [5.41, 5.74) is 0.187. The Morgan fingerprint density at radius 1 is 1.27 bits per heavy atom. The molecule has 1 fully saturated rings. The second kappa shape index (κ2) is 7.16. The molecule has 2 aromatic rings. The molecule has 0 saturated carbocycles. The Bertz CT molecular complexity index is 801. The monoisotopic (exact) mass is 367 g/mol. The fourth-order valence-corrected chi connectivity index (χ4v) is 2.53. The molecule has 3 N–H and O–H groups in total. The first-order chi connectivity index (χ1) is 12.3. The number of carbonyl (C=O) groups is 2. The van der Waals surface area contributed by atoms with E-state index in [1.54, 1.807) is 24.3 Å². The molecule has 3 rings (SSSR count). The molecule has 0 bridgehead atoms. The van der Waals surface area contributed by atoms with Gasteiger partial charge in [0.2, 0.25) is 11.8 Å². The summed E-state index contributed by atoms with van der Waals surface area (Å²) in [5.74, 6) is -0.479. The number of hydrogen-bond donors (Lipinski definition) is 3. The summed E-state index contributed by atoms with van der Waals surface area (Å²) in [7, 11) is 0. The van der Waals surface area contributed by atoms with Gasteiger partial charge in [-0.3, -0.25) is 14.7 Å². The number of nitrogens with one attached hydrogen (secondary N) is 3. The van der Waals surface area contributed by atoms with Crippen molar-refractivity contribution in [2.24, 2.45) is 0 Å². The first-order valence-corrected chi connectivity index (χ1v) is 7.84. The van der Waals surface area contributed by atoms with Crippen LogP contribution in [-0.2, 0) is 15.8 Å². The molecular weight excluding hydrogens is 351 g/mol. The third-order valence-electron chi connectivity index (χ3n) is 3.87. The minimum Gasteiger partial charge on any atom is -0.331 e. The van der Waals surface area contributed by atoms with Gasteiger partial charge in [-0.15, -0.1) is 0 Å². The van der Waals surface area contributed by atoms with Crippen molar-refractivity contribution >= 4 is 17.5 Å². The van der Waals surface area contributed by atoms with Crippen LogP contribution in [0.15, 0.2) is 30.3 Å². The van der Waals surface area contributed by atoms with Crippen molar-refractivity contribution in [3.05, 3.63) is 36.0 Å². The van der Waals surface area contributed by atoms with E-state index in [9.17, 15) is 22.8 Å². The van der Waals surface area contributed by atoms with E-state index in [1.165, 1.54) is 4.90 Å². The smallest absolute Gasteiger partial charge is 0.331 e. The van der Waals surface area contributed by atoms with Gasteiger partial charge in [-0.2, -0.15) is 18.3 Å². The number of nitrogens with zero attached hydrogens (tertiary/aromatic N) is 2. The molecule has 1 aromatic carbocycles. The van der Waals surface area contributed by atoms with Crippen molar-refractivity contribution < 1.29 is 22.8 Å². The van der Waals surface area contributed by atoms with Crippen LogP contribution in [-0.4, -0.2) is 53.1 Å². The number of aromatic nitrogens is 2. The number of alkyl halides is 3. The zero-order valence-corrected chi connectivity index (χ0v) is 13.6. The van der Waals surface area contributed by atoms with Crippen LogP contribution >= 0.6 is 0 Å². The van der Waals surface area contributed by atoms with E-state index in [0.717, 1.165) is 6.07 Å². The molecule has 1 saturated heterocycles. The zero-order valence-electron chi connectivity index (χ0n) is 13.6. The van der Waals surface area contributed by atoms with Gasteiger partial charge in [-0.25, -0.2) is 0 Å². The van der Waals surface area contributed by atoms with Crippen LogP contribution in [0.25, 0.3) is 11.3 Å². The third kappa shape index (κ3) is 4.20. The lowest BCUT2D eigenvalue weighted by atomic mass is 10.1. The lowest BCUT2D eigenvalue weighted by Crippen LogP contribution is -2.50. The molecule has 0 aliphatic carbocycles. The van der Waals surface area contributed by atoms with E-state index in [4.69, 9.17) is 0 Å². The van der Waals surface area contributed by atoms with Gasteiger partial charge in [0.15, 0.2) is 0 Å². The normalized spacial score (nSPS) is 15.2. The zero-order chi connectivity index (χ0) is 18.7. The van der Waals surface area contributed by atoms with Gasteiger partial charge >= 0.3 is 6.18 Å². The second-order valence-corrected chi connectivity index (χ2v) is 5.78. The van der Waals surface area contributed by atoms with E-state index in [1.807, 2.05) is 5.10 Å². The Morgan fingerprint density at radius 3 is 2.62 bits per heavy atom. The Morgan fingerprint density at radius 2 is 2.00 bits per heavy atom. The van der Waals surface area contributed by atoms with Gasteiger partial charge < -0.3 is 15.5 Å². The molecule has 10 heteroatoms. The standard InChI is InChI=1S/C16H16F3N5O2/c17-16(18,19)13-7-12(22-23-13)10-1-3-11(4-2-10)21-14(25)9-24-6-5-20-8-15(24)26/h1-4,7,20H,5-6,8-9H2,(H,21,25)(H,22,23). The molecule has 0 spiro atoms. The fourth-order valence-electron chi connectivity index (χ4n) is 2.53. The third-order valence-corrected chi connectivity index (χ3v) is 3.87. The van der Waals surface area contributed by atoms with Crippen LogP contribution in [0.2, 0.25) is 0 Å². The molecule has 1 aromatic heterocycles. The van der Waals surface area contributed by atoms with Gasteiger partial charge in [0, 0.05) is 24.3 Å². The van der Waals surface area contributed by atoms with Crippen molar-refractivity contribution in [3.63, 3.8) is 0 Å². The number of carbonyl (C=O) groups excluding carboxylic acids is 2. The molecule has 0 radical (unpaired) electrons. The van der Waals surface area contributed by atoms with Gasteiger partial charge in [0.05, 0.1) is 18.8 Å². The minimum atomic E-state index is -4.49. The van der Waals surface area contributed by atoms with Crippen molar-refractivity contribution in [3.8, 4) is 11.3 Å². The van der Waals surface area contributed by atoms with Crippen LogP contribution in [0.3, 0.4) is 0 Å². The summed E-state index contributed by atoms with van der Waals surface area (Å²) < 4.78 is 37.8. The topological polar surface area (TPSA) is 90.1 Å². The summed E-state index contributed by atoms with van der Waals surface area (Å²) in [4.78, 5) is 25.1. The predicted molar refractivity (Wildman–Crippen MR) is 87.1 cm³/mol. The molecule has 2 heterocycles. The van der Waals surface area contributed by atoms with Gasteiger partial charge in [0.25, 0.3) is 0 Å². The van der Waals surface area contributed by atoms with Gasteiger partial charge in [0.1, 0.15) is 5.69 Å². The Kier molecular flexibility index (Phi) is 4.94. The quantitative estimate of drug-likeness (QED) is 0.763. The highest BCUT2D eigenvalue weighted by Gasteiger charge is 2.33. The number of piperazine rings is 1. The van der Waals surface area contributed by atoms with Crippen molar-refractivity contribution in [1.29, 1.82) is 0 Å². The number of halogens is 3. The highest BCUT2D eigenvalue weighted by molar-refractivity contribution is 5.95. The average Bonchev–Trinajstić information content (AvgIpc) is 3.08. The minimum absolute atomic E-state index is 0.0451. The second-order valence-electron chi connectivity index (χ2n) is 5.78. The number of benzene rings is 1. The Labute approximate surface area is 146 Å². The maximum Gasteiger partial charge on any atom is 0.432 e. The van der Waals surface area contributed by atoms with E-state index >= 15 is 0 Å². The van der Waals surface area contributed by atoms with Gasteiger partial charge in [-0.05, 0) is 18.2 Å². The first-order valence-electron chi connectivity index (χ1n) is 7.84. The molecule has 138 valence electrons. The van der Waals surface area contributed by atoms with Crippen LogP contribution in [0.1, 0.15) is 5.69 Å². The SMILES string of the molecule is O=C(CN1CCNCC1=O)Nc1ccc(-c2cc(C(F)(F)F)[nH]n2)cc1. The van der Waals surface area contributed by atoms with Gasteiger partial charge in [-0.1, -0.05) is 12.1 Å². The Hall–Kier alpha value is -2.88. The number of rotatable bonds is 4. The maximum absolute atomic E-state index is 12.6. The average molecular weight is 367 g/mol. The van der Waals surface area contributed by atoms with E-state index in [0.29, 0.717) is 24.3 Å². The van der Waals surface area contributed by atoms with Crippen molar-refractivity contribution in [2.45, 2.75) is 6.18 Å². The summed E-state index contributed by atoms with van der Waals surface area (Å²) in [6, 6.07) is 7.16. The van der Waals surface area contributed by atoms with Crippen LogP contribution < -0.4 is 10.6 Å². The van der Waals surface area contributed by atoms with E-state index in [2.05, 4.69) is 15.7 Å². The molecular formula is C16H16F3N5O2. The molecule has 0 atom stereocenters. The number of H-pyrrole nitrogens is 1. The largest absolute Gasteiger partial charge is 0.432 e. The van der Waals surface area contributed by atoms with Crippen LogP contribution in [0.5, 0.6) is 0 Å². The predicted octanol–water partition coefficient (Wildman–Crippen LogP) is 1.47. The molecule has 2 amide bonds. The lowest BCUT2D eigenvalue weighted by Gasteiger charge is -2.26. The molecule has 1 aliphatic rings. The summed E-state index contributed by atoms with van der Waals surface area (Å²) >= 11 is 0. The maximum atomic E-state index is 12.6. The molecule has 0 unspecified atom stereocenters.